The molecule has 2 aliphatic rings. The van der Waals surface area contributed by atoms with Crippen LogP contribution in [-0.4, -0.2) is 0 Å². The van der Waals surface area contributed by atoms with E-state index in [0.29, 0.717) is 0 Å². The molecule has 2 aliphatic carbocycles. The van der Waals surface area contributed by atoms with Crippen molar-refractivity contribution in [2.45, 2.75) is 46.0 Å². The second kappa shape index (κ2) is 5.18. The van der Waals surface area contributed by atoms with Crippen molar-refractivity contribution in [2.24, 2.45) is 5.92 Å². The molecule has 0 saturated carbocycles. The Morgan fingerprint density at radius 3 is 2.33 bits per heavy atom. The van der Waals surface area contributed by atoms with Gasteiger partial charge in [0.15, 0.2) is 0 Å². The maximum absolute atomic E-state index is 2.32. The first kappa shape index (κ1) is 9.57. The molecule has 68 valence electrons. The predicted molar refractivity (Wildman–Crippen MR) is 55.1 cm³/mol. The molecule has 0 nitrogen and oxygen atoms in total. The molecular formula is C12H20. The molecule has 0 radical (unpaired) electrons. The van der Waals surface area contributed by atoms with E-state index in [1.54, 1.807) is 5.57 Å². The fourth-order valence-corrected chi connectivity index (χ4v) is 1.62. The van der Waals surface area contributed by atoms with E-state index in [1.165, 1.54) is 32.1 Å². The van der Waals surface area contributed by atoms with Crippen LogP contribution in [0.2, 0.25) is 0 Å². The predicted octanol–water partition coefficient (Wildman–Crippen LogP) is 4.09. The lowest BCUT2D eigenvalue weighted by atomic mass is 10.2. The molecule has 0 saturated heterocycles. The summed E-state index contributed by atoms with van der Waals surface area (Å²) in [6.07, 6.45) is 13.6. The molecule has 0 heteroatoms. The third-order valence-electron chi connectivity index (χ3n) is 2.52. The highest BCUT2D eigenvalue weighted by molar-refractivity contribution is 5.02. The zero-order valence-corrected chi connectivity index (χ0v) is 8.34. The Morgan fingerprint density at radius 2 is 2.17 bits per heavy atom. The van der Waals surface area contributed by atoms with Crippen molar-refractivity contribution in [3.63, 3.8) is 0 Å². The van der Waals surface area contributed by atoms with Gasteiger partial charge in [-0.15, -0.1) is 0 Å². The van der Waals surface area contributed by atoms with E-state index in [2.05, 4.69) is 32.1 Å². The molecule has 0 aromatic heterocycles. The Kier molecular flexibility index (Phi) is 4.13. The van der Waals surface area contributed by atoms with Gasteiger partial charge in [-0.25, -0.2) is 0 Å². The van der Waals surface area contributed by atoms with Gasteiger partial charge in [0.2, 0.25) is 0 Å². The van der Waals surface area contributed by atoms with E-state index < -0.39 is 0 Å². The summed E-state index contributed by atoms with van der Waals surface area (Å²) >= 11 is 0. The van der Waals surface area contributed by atoms with Crippen LogP contribution in [0.15, 0.2) is 23.8 Å². The largest absolute Gasteiger partial charge is 0.0882 e. The van der Waals surface area contributed by atoms with Crippen molar-refractivity contribution in [1.29, 1.82) is 0 Å². The Balaban J connectivity index is 0.000000120. The molecule has 0 spiro atoms. The molecule has 0 N–H and O–H groups in total. The monoisotopic (exact) mass is 164 g/mol. The molecule has 12 heavy (non-hydrogen) atoms. The van der Waals surface area contributed by atoms with Gasteiger partial charge < -0.3 is 0 Å². The summed E-state index contributed by atoms with van der Waals surface area (Å²) in [7, 11) is 0. The summed E-state index contributed by atoms with van der Waals surface area (Å²) in [5.41, 5.74) is 1.58. The van der Waals surface area contributed by atoms with E-state index in [1.807, 2.05) is 0 Å². The van der Waals surface area contributed by atoms with Crippen molar-refractivity contribution in [3.05, 3.63) is 23.8 Å². The molecule has 0 amide bonds. The van der Waals surface area contributed by atoms with Crippen LogP contribution in [0, 0.1) is 5.92 Å². The van der Waals surface area contributed by atoms with Gasteiger partial charge in [-0.1, -0.05) is 30.7 Å². The first-order valence-corrected chi connectivity index (χ1v) is 5.11. The van der Waals surface area contributed by atoms with E-state index in [9.17, 15) is 0 Å². The molecule has 1 atom stereocenters. The van der Waals surface area contributed by atoms with Gasteiger partial charge in [0, 0.05) is 0 Å². The van der Waals surface area contributed by atoms with E-state index in [-0.39, 0.29) is 0 Å². The highest BCUT2D eigenvalue weighted by atomic mass is 14.0. The van der Waals surface area contributed by atoms with Gasteiger partial charge in [0.25, 0.3) is 0 Å². The third-order valence-corrected chi connectivity index (χ3v) is 2.52. The average molecular weight is 164 g/mol. The maximum atomic E-state index is 2.32. The molecular weight excluding hydrogens is 144 g/mol. The molecule has 0 fully saturated rings. The fourth-order valence-electron chi connectivity index (χ4n) is 1.62. The first-order valence-electron chi connectivity index (χ1n) is 5.11. The van der Waals surface area contributed by atoms with Gasteiger partial charge in [0.1, 0.15) is 0 Å². The van der Waals surface area contributed by atoms with Gasteiger partial charge in [-0.2, -0.15) is 0 Å². The van der Waals surface area contributed by atoms with Crippen LogP contribution in [0.25, 0.3) is 0 Å². The zero-order valence-electron chi connectivity index (χ0n) is 8.34. The smallest absolute Gasteiger partial charge is 0.0259 e. The summed E-state index contributed by atoms with van der Waals surface area (Å²) in [4.78, 5) is 0. The Morgan fingerprint density at radius 1 is 1.33 bits per heavy atom. The van der Waals surface area contributed by atoms with E-state index in [4.69, 9.17) is 0 Å². The standard InChI is InChI=1S/2C6H10/c2*1-6-4-2-3-5-6/h4H,2-3,5H2,1H3;2,4,6H,3,5H2,1H3. The Hall–Kier alpha value is -0.520. The van der Waals surface area contributed by atoms with Crippen LogP contribution in [0.1, 0.15) is 46.0 Å². The van der Waals surface area contributed by atoms with Crippen LogP contribution in [0.5, 0.6) is 0 Å². The van der Waals surface area contributed by atoms with Crippen LogP contribution < -0.4 is 0 Å². The highest BCUT2D eigenvalue weighted by Crippen LogP contribution is 2.15. The fraction of sp³-hybridized carbons (Fsp3) is 0.667. The van der Waals surface area contributed by atoms with Crippen molar-refractivity contribution in [3.8, 4) is 0 Å². The maximum Gasteiger partial charge on any atom is -0.0259 e. The molecule has 0 aliphatic heterocycles. The summed E-state index contributed by atoms with van der Waals surface area (Å²) in [5.74, 6) is 0.866. The lowest BCUT2D eigenvalue weighted by Gasteiger charge is -1.89. The normalized spacial score (nSPS) is 26.5. The minimum atomic E-state index is 0.866. The highest BCUT2D eigenvalue weighted by Gasteiger charge is 1.98. The first-order chi connectivity index (χ1) is 5.79. The Labute approximate surface area is 76.4 Å². The van der Waals surface area contributed by atoms with E-state index in [0.717, 1.165) is 5.92 Å². The van der Waals surface area contributed by atoms with Gasteiger partial charge in [-0.05, 0) is 44.9 Å². The summed E-state index contributed by atoms with van der Waals surface area (Å²) in [5, 5.41) is 0. The number of hydrogen-bond donors (Lipinski definition) is 0. The van der Waals surface area contributed by atoms with Gasteiger partial charge in [-0.3, -0.25) is 0 Å². The molecule has 1 unspecified atom stereocenters. The second-order valence-electron chi connectivity index (χ2n) is 3.93. The SMILES string of the molecule is CC1=CCCC1.CC1C=CCC1. The zero-order chi connectivity index (χ0) is 8.81. The van der Waals surface area contributed by atoms with Crippen LogP contribution >= 0.6 is 0 Å². The number of rotatable bonds is 0. The molecule has 0 heterocycles. The summed E-state index contributed by atoms with van der Waals surface area (Å²) < 4.78 is 0. The van der Waals surface area contributed by atoms with Crippen LogP contribution in [-0.2, 0) is 0 Å². The quantitative estimate of drug-likeness (QED) is 0.473. The van der Waals surface area contributed by atoms with Crippen molar-refractivity contribution < 1.29 is 0 Å². The lowest BCUT2D eigenvalue weighted by Crippen LogP contribution is -1.76. The molecule has 2 rings (SSSR count). The third kappa shape index (κ3) is 3.75. The van der Waals surface area contributed by atoms with Crippen molar-refractivity contribution >= 4 is 0 Å². The molecule has 0 aromatic rings. The Bertz CT molecular complexity index is 174. The average Bonchev–Trinajstić information content (AvgIpc) is 2.63. The molecule has 0 aromatic carbocycles. The minimum absolute atomic E-state index is 0.866. The van der Waals surface area contributed by atoms with E-state index >= 15 is 0 Å². The molecule has 0 bridgehead atoms. The summed E-state index contributed by atoms with van der Waals surface area (Å²) in [6, 6.07) is 0. The van der Waals surface area contributed by atoms with Crippen molar-refractivity contribution in [1.82, 2.24) is 0 Å². The summed E-state index contributed by atoms with van der Waals surface area (Å²) in [6.45, 7) is 4.45. The number of allylic oxidation sites excluding steroid dienone is 4. The lowest BCUT2D eigenvalue weighted by molar-refractivity contribution is 0.701. The second-order valence-corrected chi connectivity index (χ2v) is 3.93. The van der Waals surface area contributed by atoms with Gasteiger partial charge in [0.05, 0.1) is 0 Å². The topological polar surface area (TPSA) is 0 Å². The van der Waals surface area contributed by atoms with Gasteiger partial charge >= 0.3 is 0 Å². The van der Waals surface area contributed by atoms with Crippen LogP contribution in [0.3, 0.4) is 0 Å². The van der Waals surface area contributed by atoms with Crippen LogP contribution in [0.4, 0.5) is 0 Å². The minimum Gasteiger partial charge on any atom is -0.0882 e. The van der Waals surface area contributed by atoms with Crippen molar-refractivity contribution in [2.75, 3.05) is 0 Å². The number of hydrogen-bond acceptors (Lipinski definition) is 0.